The molecule has 0 atom stereocenters. The molecule has 1 fully saturated rings. The van der Waals surface area contributed by atoms with Gasteiger partial charge in [-0.3, -0.25) is 0 Å². The molecular weight excluding hydrogens is 479 g/mol. The van der Waals surface area contributed by atoms with Crippen LogP contribution in [0.15, 0.2) is 39.7 Å². The molecule has 27 heavy (non-hydrogen) atoms. The lowest BCUT2D eigenvalue weighted by Crippen LogP contribution is -2.43. The largest absolute Gasteiger partial charge is 0.507 e. The highest BCUT2D eigenvalue weighted by Crippen LogP contribution is 2.40. The third-order valence-corrected chi connectivity index (χ3v) is 6.62. The van der Waals surface area contributed by atoms with E-state index in [4.69, 9.17) is 33.2 Å². The zero-order valence-electron chi connectivity index (χ0n) is 13.6. The Hall–Kier alpha value is -1.50. The van der Waals surface area contributed by atoms with Crippen LogP contribution in [0, 0.1) is 17.2 Å². The number of nitrogens with one attached hydrogen (secondary N) is 1. The molecule has 0 saturated heterocycles. The monoisotopic (exact) mass is 490 g/mol. The van der Waals surface area contributed by atoms with E-state index in [1.807, 2.05) is 0 Å². The van der Waals surface area contributed by atoms with Crippen LogP contribution in [0.3, 0.4) is 0 Å². The van der Waals surface area contributed by atoms with Gasteiger partial charge in [0.15, 0.2) is 5.75 Å². The summed E-state index contributed by atoms with van der Waals surface area (Å²) in [6, 6.07) is 8.73. The molecule has 1 aliphatic rings. The zero-order chi connectivity index (χ0) is 19.8. The topological polar surface area (TPSA) is 99.4 Å². The summed E-state index contributed by atoms with van der Waals surface area (Å²) in [7, 11) is -3.99. The van der Waals surface area contributed by atoms with Crippen LogP contribution in [0.2, 0.25) is 10.0 Å². The highest BCUT2D eigenvalue weighted by molar-refractivity contribution is 9.10. The standard InChI is InChI=1S/C17H13BrCl2N2O4S/c18-10-5-13(19)17(14(20)6-10)26-12-1-2-15(23)16(7-12)27(24,25)22-11-3-9(4-11)8-21/h1-2,5-7,9,11,22-23H,3-4H2. The quantitative estimate of drug-likeness (QED) is 0.623. The molecule has 0 heterocycles. The summed E-state index contributed by atoms with van der Waals surface area (Å²) < 4.78 is 33.9. The van der Waals surface area contributed by atoms with E-state index in [-0.39, 0.29) is 38.4 Å². The third kappa shape index (κ3) is 4.50. The molecule has 0 bridgehead atoms. The molecule has 0 spiro atoms. The van der Waals surface area contributed by atoms with E-state index < -0.39 is 15.8 Å². The van der Waals surface area contributed by atoms with Gasteiger partial charge in [0.05, 0.1) is 16.1 Å². The number of phenols is 1. The summed E-state index contributed by atoms with van der Waals surface area (Å²) in [4.78, 5) is -0.329. The van der Waals surface area contributed by atoms with Crippen molar-refractivity contribution in [2.75, 3.05) is 0 Å². The molecule has 2 aromatic rings. The van der Waals surface area contributed by atoms with Gasteiger partial charge in [0.25, 0.3) is 0 Å². The van der Waals surface area contributed by atoms with Crippen molar-refractivity contribution in [1.29, 1.82) is 5.26 Å². The van der Waals surface area contributed by atoms with Crippen molar-refractivity contribution in [3.05, 3.63) is 44.8 Å². The summed E-state index contributed by atoms with van der Waals surface area (Å²) in [6.07, 6.45) is 0.883. The van der Waals surface area contributed by atoms with Gasteiger partial charge in [0, 0.05) is 22.5 Å². The fourth-order valence-corrected chi connectivity index (χ4v) is 5.28. The number of ether oxygens (including phenoxy) is 1. The van der Waals surface area contributed by atoms with Crippen molar-refractivity contribution in [2.45, 2.75) is 23.8 Å². The Morgan fingerprint density at radius 2 is 1.85 bits per heavy atom. The molecule has 142 valence electrons. The van der Waals surface area contributed by atoms with E-state index in [9.17, 15) is 13.5 Å². The molecule has 1 aliphatic carbocycles. The second kappa shape index (κ2) is 7.86. The predicted octanol–water partition coefficient (Wildman–Crippen LogP) is 4.83. The van der Waals surface area contributed by atoms with E-state index in [1.54, 1.807) is 12.1 Å². The minimum absolute atomic E-state index is 0.141. The Morgan fingerprint density at radius 3 is 2.44 bits per heavy atom. The van der Waals surface area contributed by atoms with Crippen LogP contribution in [-0.2, 0) is 10.0 Å². The fourth-order valence-electron chi connectivity index (χ4n) is 2.62. The molecule has 0 unspecified atom stereocenters. The van der Waals surface area contributed by atoms with Crippen molar-refractivity contribution in [2.24, 2.45) is 5.92 Å². The van der Waals surface area contributed by atoms with Crippen LogP contribution in [0.25, 0.3) is 0 Å². The maximum atomic E-state index is 12.6. The maximum absolute atomic E-state index is 12.6. The van der Waals surface area contributed by atoms with Gasteiger partial charge in [0.2, 0.25) is 10.0 Å². The minimum atomic E-state index is -3.99. The van der Waals surface area contributed by atoms with E-state index >= 15 is 0 Å². The highest BCUT2D eigenvalue weighted by atomic mass is 79.9. The second-order valence-electron chi connectivity index (χ2n) is 6.05. The number of halogens is 3. The average Bonchev–Trinajstić information content (AvgIpc) is 2.55. The van der Waals surface area contributed by atoms with Crippen LogP contribution < -0.4 is 9.46 Å². The molecule has 10 heteroatoms. The number of rotatable bonds is 5. The van der Waals surface area contributed by atoms with Crippen molar-refractivity contribution < 1.29 is 18.3 Å². The summed E-state index contributed by atoms with van der Waals surface area (Å²) in [6.45, 7) is 0. The average molecular weight is 492 g/mol. The summed E-state index contributed by atoms with van der Waals surface area (Å²) in [5, 5.41) is 19.3. The summed E-state index contributed by atoms with van der Waals surface area (Å²) in [5.41, 5.74) is 0. The maximum Gasteiger partial charge on any atom is 0.244 e. The fraction of sp³-hybridized carbons (Fsp3) is 0.235. The number of nitrogens with zero attached hydrogens (tertiary/aromatic N) is 1. The lowest BCUT2D eigenvalue weighted by atomic mass is 9.82. The number of sulfonamides is 1. The van der Waals surface area contributed by atoms with Crippen molar-refractivity contribution >= 4 is 49.2 Å². The van der Waals surface area contributed by atoms with Gasteiger partial charge in [-0.25, -0.2) is 13.1 Å². The van der Waals surface area contributed by atoms with Crippen LogP contribution in [0.5, 0.6) is 17.2 Å². The van der Waals surface area contributed by atoms with Crippen molar-refractivity contribution in [3.8, 4) is 23.3 Å². The SMILES string of the molecule is N#CC1CC(NS(=O)(=O)c2cc(Oc3c(Cl)cc(Br)cc3Cl)ccc2O)C1. The Balaban J connectivity index is 1.86. The molecule has 0 aromatic heterocycles. The molecule has 0 radical (unpaired) electrons. The van der Waals surface area contributed by atoms with Crippen LogP contribution in [0.1, 0.15) is 12.8 Å². The second-order valence-corrected chi connectivity index (χ2v) is 9.46. The number of aromatic hydroxyl groups is 1. The van der Waals surface area contributed by atoms with Gasteiger partial charge in [-0.05, 0) is 37.1 Å². The minimum Gasteiger partial charge on any atom is -0.507 e. The van der Waals surface area contributed by atoms with E-state index in [1.165, 1.54) is 18.2 Å². The highest BCUT2D eigenvalue weighted by Gasteiger charge is 2.33. The number of hydrogen-bond acceptors (Lipinski definition) is 5. The predicted molar refractivity (Wildman–Crippen MR) is 105 cm³/mol. The van der Waals surface area contributed by atoms with Crippen LogP contribution in [0.4, 0.5) is 0 Å². The van der Waals surface area contributed by atoms with Gasteiger partial charge < -0.3 is 9.84 Å². The van der Waals surface area contributed by atoms with Gasteiger partial charge in [-0.15, -0.1) is 0 Å². The Kier molecular flexibility index (Phi) is 5.89. The number of hydrogen-bond donors (Lipinski definition) is 2. The van der Waals surface area contributed by atoms with Crippen molar-refractivity contribution in [3.63, 3.8) is 0 Å². The molecule has 0 aliphatic heterocycles. The third-order valence-electron chi connectivity index (χ3n) is 4.05. The number of benzene rings is 2. The molecule has 2 aromatic carbocycles. The zero-order valence-corrected chi connectivity index (χ0v) is 17.5. The van der Waals surface area contributed by atoms with Crippen LogP contribution in [-0.4, -0.2) is 19.6 Å². The first kappa shape index (κ1) is 20.2. The van der Waals surface area contributed by atoms with E-state index in [2.05, 4.69) is 26.7 Å². The number of nitriles is 1. The van der Waals surface area contributed by atoms with Gasteiger partial charge in [0.1, 0.15) is 16.4 Å². The summed E-state index contributed by atoms with van der Waals surface area (Å²) in [5.74, 6) is -0.260. The molecule has 1 saturated carbocycles. The molecule has 3 rings (SSSR count). The number of phenolic OH excluding ortho intramolecular Hbond substituents is 1. The Bertz CT molecular complexity index is 1010. The normalized spacial score (nSPS) is 19.2. The molecule has 0 amide bonds. The van der Waals surface area contributed by atoms with Crippen LogP contribution >= 0.6 is 39.1 Å². The van der Waals surface area contributed by atoms with E-state index in [0.717, 1.165) is 0 Å². The lowest BCUT2D eigenvalue weighted by Gasteiger charge is -2.30. The first-order valence-corrected chi connectivity index (χ1v) is 10.8. The molecule has 6 nitrogen and oxygen atoms in total. The van der Waals surface area contributed by atoms with Gasteiger partial charge in [-0.2, -0.15) is 5.26 Å². The Morgan fingerprint density at radius 1 is 1.22 bits per heavy atom. The first-order chi connectivity index (χ1) is 12.7. The summed E-state index contributed by atoms with van der Waals surface area (Å²) >= 11 is 15.5. The van der Waals surface area contributed by atoms with Gasteiger partial charge in [-0.1, -0.05) is 39.1 Å². The Labute approximate surface area is 174 Å². The lowest BCUT2D eigenvalue weighted by molar-refractivity contribution is 0.308. The molecular formula is C17H13BrCl2N2O4S. The first-order valence-electron chi connectivity index (χ1n) is 7.77. The van der Waals surface area contributed by atoms with Gasteiger partial charge >= 0.3 is 0 Å². The molecule has 2 N–H and O–H groups in total. The smallest absolute Gasteiger partial charge is 0.244 e. The van der Waals surface area contributed by atoms with E-state index in [0.29, 0.717) is 17.3 Å². The van der Waals surface area contributed by atoms with Crippen molar-refractivity contribution in [1.82, 2.24) is 4.72 Å².